The average Bonchev–Trinajstić information content (AvgIpc) is 3.10. The minimum Gasteiger partial charge on any atom is -0.461 e. The van der Waals surface area contributed by atoms with Crippen LogP contribution in [0.2, 0.25) is 0 Å². The Kier molecular flexibility index (Phi) is 3.91. The highest BCUT2D eigenvalue weighted by Gasteiger charge is 2.26. The number of rotatable bonds is 4. The molecule has 1 atom stereocenters. The van der Waals surface area contributed by atoms with Crippen LogP contribution >= 0.6 is 11.8 Å². The Labute approximate surface area is 121 Å². The molecule has 1 aliphatic rings. The Hall–Kier alpha value is -1.56. The smallest absolute Gasteiger partial charge is 0.200 e. The molecule has 20 heavy (non-hydrogen) atoms. The molecule has 1 fully saturated rings. The van der Waals surface area contributed by atoms with Gasteiger partial charge in [0.1, 0.15) is 5.78 Å². The first-order chi connectivity index (χ1) is 9.79. The number of carbonyl (C=O) groups is 1. The molecule has 0 amide bonds. The van der Waals surface area contributed by atoms with Crippen molar-refractivity contribution in [1.82, 2.24) is 14.8 Å². The molecule has 5 nitrogen and oxygen atoms in total. The van der Waals surface area contributed by atoms with Gasteiger partial charge < -0.3 is 4.42 Å². The number of nitrogens with zero attached hydrogens (tertiary/aromatic N) is 3. The average molecular weight is 291 g/mol. The Bertz CT molecular complexity index is 592. The lowest BCUT2D eigenvalue weighted by atomic mass is 9.99. The Morgan fingerprint density at radius 1 is 1.45 bits per heavy atom. The van der Waals surface area contributed by atoms with E-state index in [4.69, 9.17) is 4.42 Å². The van der Waals surface area contributed by atoms with E-state index >= 15 is 0 Å². The lowest BCUT2D eigenvalue weighted by Crippen LogP contribution is -2.21. The summed E-state index contributed by atoms with van der Waals surface area (Å²) in [5.74, 6) is 1.77. The summed E-state index contributed by atoms with van der Waals surface area (Å²) in [6.07, 6.45) is 5.41. The van der Waals surface area contributed by atoms with Gasteiger partial charge >= 0.3 is 0 Å². The van der Waals surface area contributed by atoms with Gasteiger partial charge in [0.2, 0.25) is 0 Å². The fourth-order valence-electron chi connectivity index (χ4n) is 2.45. The van der Waals surface area contributed by atoms with Crippen molar-refractivity contribution in [3.05, 3.63) is 18.4 Å². The lowest BCUT2D eigenvalue weighted by Gasteiger charge is -2.19. The summed E-state index contributed by atoms with van der Waals surface area (Å²) in [7, 11) is 0. The predicted molar refractivity (Wildman–Crippen MR) is 76.5 cm³/mol. The van der Waals surface area contributed by atoms with Crippen molar-refractivity contribution in [1.29, 1.82) is 0 Å². The molecule has 0 aromatic carbocycles. The Balaban J connectivity index is 1.85. The number of Topliss-reactive ketones (excluding diaryl/α,β-unsaturated/α-hetero) is 1. The summed E-state index contributed by atoms with van der Waals surface area (Å²) in [6, 6.07) is 3.71. The van der Waals surface area contributed by atoms with Crippen LogP contribution in [0, 0.1) is 0 Å². The van der Waals surface area contributed by atoms with Crippen molar-refractivity contribution in [2.75, 3.05) is 0 Å². The highest BCUT2D eigenvalue weighted by atomic mass is 32.2. The van der Waals surface area contributed by atoms with Gasteiger partial charge in [-0.15, -0.1) is 10.2 Å². The van der Waals surface area contributed by atoms with Gasteiger partial charge in [-0.2, -0.15) is 0 Å². The SMILES string of the molecule is CCn1c(SC2CCCCC2=O)nnc1-c1ccco1. The van der Waals surface area contributed by atoms with Crippen LogP contribution < -0.4 is 0 Å². The van der Waals surface area contributed by atoms with Gasteiger partial charge in [0.05, 0.1) is 11.5 Å². The van der Waals surface area contributed by atoms with Crippen molar-refractivity contribution < 1.29 is 9.21 Å². The lowest BCUT2D eigenvalue weighted by molar-refractivity contribution is -0.119. The molecule has 0 saturated heterocycles. The maximum atomic E-state index is 11.9. The van der Waals surface area contributed by atoms with Crippen LogP contribution in [0.5, 0.6) is 0 Å². The normalized spacial score (nSPS) is 19.4. The molecule has 0 radical (unpaired) electrons. The number of hydrogen-bond acceptors (Lipinski definition) is 5. The molecule has 3 rings (SSSR count). The molecule has 106 valence electrons. The number of aromatic nitrogens is 3. The van der Waals surface area contributed by atoms with E-state index in [1.54, 1.807) is 18.0 Å². The number of furan rings is 1. The molecular weight excluding hydrogens is 274 g/mol. The van der Waals surface area contributed by atoms with Crippen LogP contribution in [0.15, 0.2) is 28.0 Å². The van der Waals surface area contributed by atoms with Crippen LogP contribution in [0.3, 0.4) is 0 Å². The maximum absolute atomic E-state index is 11.9. The molecule has 0 N–H and O–H groups in total. The summed E-state index contributed by atoms with van der Waals surface area (Å²) in [6.45, 7) is 2.80. The van der Waals surface area contributed by atoms with Gasteiger partial charge in [0.15, 0.2) is 16.7 Å². The third-order valence-electron chi connectivity index (χ3n) is 3.52. The highest BCUT2D eigenvalue weighted by Crippen LogP contribution is 2.32. The summed E-state index contributed by atoms with van der Waals surface area (Å²) in [5.41, 5.74) is 0. The quantitative estimate of drug-likeness (QED) is 0.866. The van der Waals surface area contributed by atoms with Crippen LogP contribution in [0.25, 0.3) is 11.6 Å². The monoisotopic (exact) mass is 291 g/mol. The molecule has 0 aliphatic heterocycles. The van der Waals surface area contributed by atoms with E-state index in [9.17, 15) is 4.79 Å². The Morgan fingerprint density at radius 3 is 3.05 bits per heavy atom. The van der Waals surface area contributed by atoms with E-state index in [0.717, 1.165) is 36.8 Å². The van der Waals surface area contributed by atoms with Gasteiger partial charge in [-0.3, -0.25) is 9.36 Å². The molecule has 1 unspecified atom stereocenters. The molecule has 6 heteroatoms. The van der Waals surface area contributed by atoms with E-state index < -0.39 is 0 Å². The van der Waals surface area contributed by atoms with Gasteiger partial charge in [-0.1, -0.05) is 18.2 Å². The first-order valence-electron chi connectivity index (χ1n) is 6.96. The second kappa shape index (κ2) is 5.83. The van der Waals surface area contributed by atoms with Crippen molar-refractivity contribution in [2.24, 2.45) is 0 Å². The molecule has 2 heterocycles. The standard InChI is InChI=1S/C14H17N3O2S/c1-2-17-13(11-7-5-9-19-11)15-16-14(17)20-12-8-4-3-6-10(12)18/h5,7,9,12H,2-4,6,8H2,1H3. The van der Waals surface area contributed by atoms with Crippen molar-refractivity contribution in [2.45, 2.75) is 49.6 Å². The van der Waals surface area contributed by atoms with Crippen molar-refractivity contribution in [3.8, 4) is 11.6 Å². The van der Waals surface area contributed by atoms with Crippen LogP contribution in [0.4, 0.5) is 0 Å². The van der Waals surface area contributed by atoms with E-state index in [-0.39, 0.29) is 5.25 Å². The second-order valence-corrected chi connectivity index (χ2v) is 6.02. The third-order valence-corrected chi connectivity index (χ3v) is 4.82. The second-order valence-electron chi connectivity index (χ2n) is 4.85. The molecular formula is C14H17N3O2S. The molecule has 1 saturated carbocycles. The van der Waals surface area contributed by atoms with Gasteiger partial charge in [-0.05, 0) is 31.9 Å². The highest BCUT2D eigenvalue weighted by molar-refractivity contribution is 8.00. The Morgan fingerprint density at radius 2 is 2.35 bits per heavy atom. The largest absolute Gasteiger partial charge is 0.461 e. The molecule has 0 bridgehead atoms. The maximum Gasteiger partial charge on any atom is 0.200 e. The molecule has 2 aromatic rings. The number of carbonyl (C=O) groups excluding carboxylic acids is 1. The fourth-order valence-corrected chi connectivity index (χ4v) is 3.67. The summed E-state index contributed by atoms with van der Waals surface area (Å²) in [5, 5.41) is 9.28. The first-order valence-corrected chi connectivity index (χ1v) is 7.84. The predicted octanol–water partition coefficient (Wildman–Crippen LogP) is 3.16. The van der Waals surface area contributed by atoms with Gasteiger partial charge in [-0.25, -0.2) is 0 Å². The first kappa shape index (κ1) is 13.4. The van der Waals surface area contributed by atoms with Crippen molar-refractivity contribution in [3.63, 3.8) is 0 Å². The van der Waals surface area contributed by atoms with E-state index in [1.807, 2.05) is 23.6 Å². The zero-order valence-corrected chi connectivity index (χ0v) is 12.2. The number of thioether (sulfide) groups is 1. The summed E-state index contributed by atoms with van der Waals surface area (Å²) >= 11 is 1.54. The minimum atomic E-state index is 0.0303. The van der Waals surface area contributed by atoms with Gasteiger partial charge in [0, 0.05) is 13.0 Å². The zero-order valence-electron chi connectivity index (χ0n) is 11.4. The molecule has 2 aromatic heterocycles. The minimum absolute atomic E-state index is 0.0303. The van der Waals surface area contributed by atoms with Crippen LogP contribution in [-0.4, -0.2) is 25.8 Å². The van der Waals surface area contributed by atoms with E-state index in [2.05, 4.69) is 10.2 Å². The van der Waals surface area contributed by atoms with E-state index in [0.29, 0.717) is 18.0 Å². The van der Waals surface area contributed by atoms with E-state index in [1.165, 1.54) is 0 Å². The summed E-state index contributed by atoms with van der Waals surface area (Å²) in [4.78, 5) is 11.9. The molecule has 0 spiro atoms. The molecule has 1 aliphatic carbocycles. The van der Waals surface area contributed by atoms with Crippen molar-refractivity contribution >= 4 is 17.5 Å². The third kappa shape index (κ3) is 2.52. The van der Waals surface area contributed by atoms with Gasteiger partial charge in [0.25, 0.3) is 0 Å². The zero-order chi connectivity index (χ0) is 13.9. The fraction of sp³-hybridized carbons (Fsp3) is 0.500. The topological polar surface area (TPSA) is 60.9 Å². The van der Waals surface area contributed by atoms with Crippen LogP contribution in [-0.2, 0) is 11.3 Å². The summed E-state index contributed by atoms with van der Waals surface area (Å²) < 4.78 is 7.39. The number of hydrogen-bond donors (Lipinski definition) is 0. The van der Waals surface area contributed by atoms with Crippen LogP contribution in [0.1, 0.15) is 32.6 Å². The number of ketones is 1.